The summed E-state index contributed by atoms with van der Waals surface area (Å²) in [4.78, 5) is 10.0. The van der Waals surface area contributed by atoms with Crippen LogP contribution in [0.25, 0.3) is 0 Å². The van der Waals surface area contributed by atoms with Gasteiger partial charge in [0.25, 0.3) is 0 Å². The number of ether oxygens (including phenoxy) is 2. The third-order valence-corrected chi connectivity index (χ3v) is 1.69. The van der Waals surface area contributed by atoms with E-state index in [1.54, 1.807) is 6.92 Å². The first-order valence-corrected chi connectivity index (χ1v) is 5.04. The highest BCUT2D eigenvalue weighted by Gasteiger charge is 2.19. The summed E-state index contributed by atoms with van der Waals surface area (Å²) in [6.45, 7) is 6.65. The minimum atomic E-state index is -0.549. The molecule has 1 heterocycles. The maximum absolute atomic E-state index is 10.0. The smallest absolute Gasteiger partial charge is 0.430 e. The van der Waals surface area contributed by atoms with Crippen molar-refractivity contribution in [1.82, 2.24) is 0 Å². The minimum Gasteiger partial charge on any atom is -0.430 e. The van der Waals surface area contributed by atoms with E-state index >= 15 is 0 Å². The Balaban J connectivity index is 0.000000226. The van der Waals surface area contributed by atoms with E-state index in [0.29, 0.717) is 6.61 Å². The summed E-state index contributed by atoms with van der Waals surface area (Å²) in [5, 5.41) is 0. The van der Waals surface area contributed by atoms with E-state index in [1.807, 2.05) is 0 Å². The van der Waals surface area contributed by atoms with Gasteiger partial charge in [0.05, 0.1) is 0 Å². The number of cyclic esters (lactones) is 2. The third-order valence-electron chi connectivity index (χ3n) is 1.69. The van der Waals surface area contributed by atoms with E-state index in [-0.39, 0.29) is 6.10 Å². The monoisotopic (exact) mass is 188 g/mol. The van der Waals surface area contributed by atoms with Gasteiger partial charge in [-0.15, -0.1) is 0 Å². The zero-order valence-corrected chi connectivity index (χ0v) is 8.84. The predicted molar refractivity (Wildman–Crippen MR) is 51.7 cm³/mol. The van der Waals surface area contributed by atoms with Crippen LogP contribution in [0.4, 0.5) is 4.79 Å². The molecule has 0 bridgehead atoms. The Labute approximate surface area is 80.4 Å². The number of carbonyl (C=O) groups is 1. The second-order valence-electron chi connectivity index (χ2n) is 3.20. The van der Waals surface area contributed by atoms with Crippen molar-refractivity contribution in [1.29, 1.82) is 0 Å². The molecule has 3 heteroatoms. The summed E-state index contributed by atoms with van der Waals surface area (Å²) in [5.74, 6) is 0. The van der Waals surface area contributed by atoms with Crippen molar-refractivity contribution in [3.63, 3.8) is 0 Å². The van der Waals surface area contributed by atoms with Crippen molar-refractivity contribution in [2.75, 3.05) is 6.61 Å². The summed E-state index contributed by atoms with van der Waals surface area (Å²) in [6, 6.07) is 0. The molecule has 0 spiro atoms. The van der Waals surface area contributed by atoms with Crippen LogP contribution in [0.15, 0.2) is 0 Å². The van der Waals surface area contributed by atoms with Crippen molar-refractivity contribution in [2.45, 2.75) is 52.6 Å². The zero-order chi connectivity index (χ0) is 10.1. The first-order chi connectivity index (χ1) is 6.20. The molecule has 0 radical (unpaired) electrons. The first kappa shape index (κ1) is 12.3. The van der Waals surface area contributed by atoms with E-state index in [4.69, 9.17) is 0 Å². The average molecular weight is 188 g/mol. The normalized spacial score (nSPS) is 19.9. The van der Waals surface area contributed by atoms with Crippen LogP contribution in [0.5, 0.6) is 0 Å². The molecule has 3 nitrogen and oxygen atoms in total. The summed E-state index contributed by atoms with van der Waals surface area (Å²) in [6.07, 6.45) is 4.94. The van der Waals surface area contributed by atoms with E-state index in [2.05, 4.69) is 23.3 Å². The Bertz CT molecular complexity index is 130. The fraction of sp³-hybridized carbons (Fsp3) is 0.900. The largest absolute Gasteiger partial charge is 0.508 e. The molecule has 1 aliphatic rings. The van der Waals surface area contributed by atoms with E-state index in [9.17, 15) is 4.79 Å². The van der Waals surface area contributed by atoms with Gasteiger partial charge in [-0.1, -0.05) is 39.5 Å². The second-order valence-corrected chi connectivity index (χ2v) is 3.20. The number of rotatable bonds is 3. The van der Waals surface area contributed by atoms with Gasteiger partial charge in [0.2, 0.25) is 0 Å². The van der Waals surface area contributed by atoms with Crippen LogP contribution in [0.2, 0.25) is 0 Å². The SMILES string of the molecule is CC1COC(=O)O1.CCCCCC. The van der Waals surface area contributed by atoms with Gasteiger partial charge in [0, 0.05) is 0 Å². The molecule has 1 rings (SSSR count). The molecule has 1 saturated heterocycles. The van der Waals surface area contributed by atoms with Crippen molar-refractivity contribution in [3.8, 4) is 0 Å². The zero-order valence-electron chi connectivity index (χ0n) is 8.84. The molecule has 1 aliphatic heterocycles. The molecule has 0 aliphatic carbocycles. The summed E-state index contributed by atoms with van der Waals surface area (Å²) < 4.78 is 8.90. The Morgan fingerprint density at radius 3 is 2.00 bits per heavy atom. The standard InChI is InChI=1S/C6H14.C4H6O3/c1-3-5-6-4-2;1-3-2-6-4(5)7-3/h3-6H2,1-2H3;3H,2H2,1H3. The lowest BCUT2D eigenvalue weighted by atomic mass is 10.2. The Kier molecular flexibility index (Phi) is 7.45. The second kappa shape index (κ2) is 7.90. The summed E-state index contributed by atoms with van der Waals surface area (Å²) >= 11 is 0. The molecule has 0 aromatic rings. The summed E-state index contributed by atoms with van der Waals surface area (Å²) in [7, 11) is 0. The summed E-state index contributed by atoms with van der Waals surface area (Å²) in [5.41, 5.74) is 0. The topological polar surface area (TPSA) is 35.5 Å². The van der Waals surface area contributed by atoms with Gasteiger partial charge in [-0.25, -0.2) is 4.79 Å². The van der Waals surface area contributed by atoms with Crippen LogP contribution in [-0.4, -0.2) is 18.9 Å². The maximum Gasteiger partial charge on any atom is 0.508 e. The molecule has 13 heavy (non-hydrogen) atoms. The molecular weight excluding hydrogens is 168 g/mol. The Morgan fingerprint density at radius 2 is 1.85 bits per heavy atom. The molecule has 0 aromatic heterocycles. The highest BCUT2D eigenvalue weighted by atomic mass is 16.8. The molecule has 0 aromatic carbocycles. The van der Waals surface area contributed by atoms with Crippen LogP contribution in [0.1, 0.15) is 46.5 Å². The predicted octanol–water partition coefficient (Wildman–Crippen LogP) is 3.13. The number of unbranched alkanes of at least 4 members (excludes halogenated alkanes) is 3. The molecule has 78 valence electrons. The number of hydrogen-bond donors (Lipinski definition) is 0. The average Bonchev–Trinajstić information content (AvgIpc) is 2.47. The molecule has 0 amide bonds. The molecule has 1 atom stereocenters. The van der Waals surface area contributed by atoms with Crippen LogP contribution in [-0.2, 0) is 9.47 Å². The molecule has 1 fully saturated rings. The molecule has 0 saturated carbocycles. The van der Waals surface area contributed by atoms with Crippen molar-refractivity contribution in [3.05, 3.63) is 0 Å². The van der Waals surface area contributed by atoms with Gasteiger partial charge >= 0.3 is 6.16 Å². The van der Waals surface area contributed by atoms with E-state index in [0.717, 1.165) is 0 Å². The fourth-order valence-corrected chi connectivity index (χ4v) is 0.918. The van der Waals surface area contributed by atoms with Crippen molar-refractivity contribution in [2.24, 2.45) is 0 Å². The molecular formula is C10H20O3. The van der Waals surface area contributed by atoms with Crippen LogP contribution in [0, 0.1) is 0 Å². The lowest BCUT2D eigenvalue weighted by Crippen LogP contribution is -2.01. The van der Waals surface area contributed by atoms with Gasteiger partial charge in [-0.3, -0.25) is 0 Å². The van der Waals surface area contributed by atoms with Crippen LogP contribution >= 0.6 is 0 Å². The first-order valence-electron chi connectivity index (χ1n) is 5.04. The maximum atomic E-state index is 10.0. The van der Waals surface area contributed by atoms with Crippen LogP contribution in [0.3, 0.4) is 0 Å². The van der Waals surface area contributed by atoms with E-state index < -0.39 is 6.16 Å². The van der Waals surface area contributed by atoms with Crippen molar-refractivity contribution < 1.29 is 14.3 Å². The van der Waals surface area contributed by atoms with Gasteiger partial charge in [-0.05, 0) is 6.92 Å². The minimum absolute atomic E-state index is 0.0486. The van der Waals surface area contributed by atoms with Gasteiger partial charge < -0.3 is 9.47 Å². The highest BCUT2D eigenvalue weighted by molar-refractivity contribution is 5.61. The number of carbonyl (C=O) groups excluding carboxylic acids is 1. The fourth-order valence-electron chi connectivity index (χ4n) is 0.918. The quantitative estimate of drug-likeness (QED) is 0.504. The van der Waals surface area contributed by atoms with Gasteiger partial charge in [0.1, 0.15) is 12.7 Å². The van der Waals surface area contributed by atoms with Crippen molar-refractivity contribution >= 4 is 6.16 Å². The third kappa shape index (κ3) is 7.62. The van der Waals surface area contributed by atoms with Crippen LogP contribution < -0.4 is 0 Å². The molecule has 0 N–H and O–H groups in total. The lowest BCUT2D eigenvalue weighted by molar-refractivity contribution is 0.121. The van der Waals surface area contributed by atoms with Gasteiger partial charge in [-0.2, -0.15) is 0 Å². The number of hydrogen-bond acceptors (Lipinski definition) is 3. The van der Waals surface area contributed by atoms with E-state index in [1.165, 1.54) is 25.7 Å². The Morgan fingerprint density at radius 1 is 1.31 bits per heavy atom. The van der Waals surface area contributed by atoms with Gasteiger partial charge in [0.15, 0.2) is 0 Å². The molecule has 1 unspecified atom stereocenters. The lowest BCUT2D eigenvalue weighted by Gasteiger charge is -1.90. The highest BCUT2D eigenvalue weighted by Crippen LogP contribution is 2.02. The Hall–Kier alpha value is -0.730.